The van der Waals surface area contributed by atoms with Gasteiger partial charge in [-0.25, -0.2) is 4.39 Å². The highest BCUT2D eigenvalue weighted by Crippen LogP contribution is 2.27. The van der Waals surface area contributed by atoms with E-state index in [4.69, 9.17) is 14.2 Å². The van der Waals surface area contributed by atoms with E-state index in [9.17, 15) is 4.39 Å². The van der Waals surface area contributed by atoms with E-state index in [0.717, 1.165) is 51.6 Å². The number of nitrogens with zero attached hydrogens (tertiary/aromatic N) is 4. The van der Waals surface area contributed by atoms with Crippen LogP contribution in [0.4, 0.5) is 4.39 Å². The lowest BCUT2D eigenvalue weighted by Crippen LogP contribution is -2.40. The second kappa shape index (κ2) is 11.6. The van der Waals surface area contributed by atoms with E-state index >= 15 is 0 Å². The summed E-state index contributed by atoms with van der Waals surface area (Å²) >= 11 is 0. The molecule has 1 saturated carbocycles. The van der Waals surface area contributed by atoms with E-state index in [-0.39, 0.29) is 29.6 Å². The third-order valence-electron chi connectivity index (χ3n) is 6.31. The maximum Gasteiger partial charge on any atom is 0.328 e. The van der Waals surface area contributed by atoms with Crippen LogP contribution in [0, 0.1) is 5.82 Å². The number of benzene rings is 1. The minimum Gasteiger partial charge on any atom is -0.494 e. The summed E-state index contributed by atoms with van der Waals surface area (Å²) in [6.45, 7) is 2.63. The van der Waals surface area contributed by atoms with Crippen LogP contribution in [0.3, 0.4) is 0 Å². The van der Waals surface area contributed by atoms with Crippen LogP contribution in [0.5, 0.6) is 23.5 Å². The second-order valence-electron chi connectivity index (χ2n) is 8.91. The van der Waals surface area contributed by atoms with Crippen molar-refractivity contribution in [2.75, 3.05) is 27.2 Å². The zero-order valence-corrected chi connectivity index (χ0v) is 19.6. The summed E-state index contributed by atoms with van der Waals surface area (Å²) in [6, 6.07) is 5.17. The maximum absolute atomic E-state index is 14.1. The summed E-state index contributed by atoms with van der Waals surface area (Å²) in [5, 5.41) is 3.55. The van der Waals surface area contributed by atoms with Crippen LogP contribution in [0.25, 0.3) is 0 Å². The van der Waals surface area contributed by atoms with Crippen LogP contribution in [-0.4, -0.2) is 59.2 Å². The molecular formula is C24H34FN5O3. The zero-order chi connectivity index (χ0) is 23.0. The van der Waals surface area contributed by atoms with Crippen molar-refractivity contribution in [3.63, 3.8) is 0 Å². The Morgan fingerprint density at radius 1 is 1.00 bits per heavy atom. The van der Waals surface area contributed by atoms with Gasteiger partial charge in [-0.15, -0.1) is 4.98 Å². The second-order valence-corrected chi connectivity index (χ2v) is 8.91. The Morgan fingerprint density at radius 2 is 1.73 bits per heavy atom. The number of methoxy groups -OCH3 is 1. The number of hydrogen-bond donors (Lipinski definition) is 1. The molecule has 9 heteroatoms. The molecule has 0 atom stereocenters. The fraction of sp³-hybridized carbons (Fsp3) is 0.625. The summed E-state index contributed by atoms with van der Waals surface area (Å²) in [7, 11) is 3.57. The normalized spacial score (nSPS) is 18.6. The molecule has 1 N–H and O–H groups in total. The number of nitrogens with one attached hydrogen (secondary N) is 1. The van der Waals surface area contributed by atoms with E-state index in [2.05, 4.69) is 32.2 Å². The molecule has 1 aromatic carbocycles. The molecule has 0 spiro atoms. The van der Waals surface area contributed by atoms with Gasteiger partial charge in [0, 0.05) is 12.1 Å². The Bertz CT molecular complexity index is 900. The molecule has 2 heterocycles. The highest BCUT2D eigenvalue weighted by molar-refractivity contribution is 5.34. The van der Waals surface area contributed by atoms with E-state index in [1.165, 1.54) is 32.1 Å². The molecule has 33 heavy (non-hydrogen) atoms. The fourth-order valence-electron chi connectivity index (χ4n) is 4.33. The van der Waals surface area contributed by atoms with E-state index in [1.54, 1.807) is 6.07 Å². The number of piperidine rings is 1. The van der Waals surface area contributed by atoms with Crippen LogP contribution in [-0.2, 0) is 6.54 Å². The lowest BCUT2D eigenvalue weighted by Gasteiger charge is -2.29. The first-order valence-corrected chi connectivity index (χ1v) is 11.9. The monoisotopic (exact) mass is 459 g/mol. The number of likely N-dealkylation sites (tertiary alicyclic amines) is 1. The molecule has 2 fully saturated rings. The van der Waals surface area contributed by atoms with Gasteiger partial charge in [0.1, 0.15) is 11.9 Å². The smallest absolute Gasteiger partial charge is 0.328 e. The van der Waals surface area contributed by atoms with Gasteiger partial charge in [-0.3, -0.25) is 0 Å². The lowest BCUT2D eigenvalue weighted by atomic mass is 10.1. The van der Waals surface area contributed by atoms with E-state index < -0.39 is 5.82 Å². The molecule has 1 saturated heterocycles. The first-order valence-electron chi connectivity index (χ1n) is 11.9. The van der Waals surface area contributed by atoms with Crippen LogP contribution in [0.15, 0.2) is 18.2 Å². The molecular weight excluding hydrogens is 425 g/mol. The largest absolute Gasteiger partial charge is 0.494 e. The van der Waals surface area contributed by atoms with Crippen LogP contribution < -0.4 is 19.5 Å². The molecule has 8 nitrogen and oxygen atoms in total. The summed E-state index contributed by atoms with van der Waals surface area (Å²) in [5.41, 5.74) is 0. The van der Waals surface area contributed by atoms with Gasteiger partial charge in [-0.1, -0.05) is 12.8 Å². The van der Waals surface area contributed by atoms with Gasteiger partial charge in [0.05, 0.1) is 13.7 Å². The predicted octanol–water partition coefficient (Wildman–Crippen LogP) is 4.10. The third-order valence-corrected chi connectivity index (χ3v) is 6.31. The first kappa shape index (κ1) is 23.6. The van der Waals surface area contributed by atoms with Crippen molar-refractivity contribution < 1.29 is 18.6 Å². The molecule has 2 aliphatic rings. The molecule has 0 radical (unpaired) electrons. The number of rotatable bonds is 8. The van der Waals surface area contributed by atoms with Crippen molar-refractivity contribution in [2.45, 2.75) is 70.1 Å². The molecule has 0 amide bonds. The number of hydrogen-bond acceptors (Lipinski definition) is 8. The fourth-order valence-corrected chi connectivity index (χ4v) is 4.33. The quantitative estimate of drug-likeness (QED) is 0.591. The van der Waals surface area contributed by atoms with Gasteiger partial charge in [-0.2, -0.15) is 9.97 Å². The lowest BCUT2D eigenvalue weighted by molar-refractivity contribution is 0.164. The third kappa shape index (κ3) is 6.98. The summed E-state index contributed by atoms with van der Waals surface area (Å²) < 4.78 is 31.0. The minimum atomic E-state index is -0.511. The topological polar surface area (TPSA) is 81.6 Å². The van der Waals surface area contributed by atoms with Gasteiger partial charge in [0.15, 0.2) is 17.4 Å². The van der Waals surface area contributed by atoms with Gasteiger partial charge >= 0.3 is 12.0 Å². The summed E-state index contributed by atoms with van der Waals surface area (Å²) in [6.07, 6.45) is 9.02. The SMILES string of the molecule is COc1ccc(Oc2nc(CNC3CCN(C)CC3)nc(OC3CCCCCC3)n2)cc1F. The van der Waals surface area contributed by atoms with Gasteiger partial charge in [-0.05, 0) is 70.8 Å². The van der Waals surface area contributed by atoms with Crippen LogP contribution in [0.2, 0.25) is 0 Å². The highest BCUT2D eigenvalue weighted by Gasteiger charge is 2.20. The van der Waals surface area contributed by atoms with Crippen LogP contribution >= 0.6 is 0 Å². The van der Waals surface area contributed by atoms with Crippen molar-refractivity contribution in [3.8, 4) is 23.5 Å². The molecule has 1 aromatic heterocycles. The highest BCUT2D eigenvalue weighted by atomic mass is 19.1. The molecule has 4 rings (SSSR count). The number of aromatic nitrogens is 3. The minimum absolute atomic E-state index is 0.0934. The van der Waals surface area contributed by atoms with Gasteiger partial charge in [0.2, 0.25) is 0 Å². The van der Waals surface area contributed by atoms with Crippen molar-refractivity contribution >= 4 is 0 Å². The number of ether oxygens (including phenoxy) is 3. The average Bonchev–Trinajstić information content (AvgIpc) is 3.07. The molecule has 180 valence electrons. The summed E-state index contributed by atoms with van der Waals surface area (Å²) in [4.78, 5) is 15.7. The Labute approximate surface area is 194 Å². The van der Waals surface area contributed by atoms with Crippen molar-refractivity contribution in [1.82, 2.24) is 25.2 Å². The Hall–Kier alpha value is -2.52. The molecule has 0 unspecified atom stereocenters. The van der Waals surface area contributed by atoms with Crippen molar-refractivity contribution in [2.24, 2.45) is 0 Å². The zero-order valence-electron chi connectivity index (χ0n) is 19.6. The number of halogens is 1. The van der Waals surface area contributed by atoms with E-state index in [0.29, 0.717) is 18.4 Å². The standard InChI is InChI=1S/C24H34FN5O3/c1-30-13-11-17(12-14-30)26-16-22-27-23(32-18-7-5-3-4-6-8-18)29-24(28-22)33-19-9-10-21(31-2)20(25)15-19/h9-10,15,17-18,26H,3-8,11-14,16H2,1-2H3. The van der Waals surface area contributed by atoms with Gasteiger partial charge < -0.3 is 24.4 Å². The Balaban J connectivity index is 1.49. The Morgan fingerprint density at radius 3 is 2.42 bits per heavy atom. The first-order chi connectivity index (χ1) is 16.1. The van der Waals surface area contributed by atoms with Crippen LogP contribution in [0.1, 0.15) is 57.2 Å². The van der Waals surface area contributed by atoms with E-state index in [1.807, 2.05) is 0 Å². The molecule has 2 aromatic rings. The maximum atomic E-state index is 14.1. The van der Waals surface area contributed by atoms with Crippen molar-refractivity contribution in [3.05, 3.63) is 29.8 Å². The average molecular weight is 460 g/mol. The summed E-state index contributed by atoms with van der Waals surface area (Å²) in [5.74, 6) is 0.479. The van der Waals surface area contributed by atoms with Crippen molar-refractivity contribution in [1.29, 1.82) is 0 Å². The Kier molecular flexibility index (Phi) is 8.28. The van der Waals surface area contributed by atoms with Gasteiger partial charge in [0.25, 0.3) is 0 Å². The molecule has 1 aliphatic carbocycles. The molecule has 1 aliphatic heterocycles. The molecule has 0 bridgehead atoms. The predicted molar refractivity (Wildman–Crippen MR) is 122 cm³/mol.